The van der Waals surface area contributed by atoms with Gasteiger partial charge in [-0.15, -0.1) is 0 Å². The summed E-state index contributed by atoms with van der Waals surface area (Å²) in [6.45, 7) is 0.788. The van der Waals surface area contributed by atoms with Crippen molar-refractivity contribution in [3.63, 3.8) is 0 Å². The Morgan fingerprint density at radius 3 is 2.35 bits per heavy atom. The number of hydrogen-bond donors (Lipinski definition) is 2. The van der Waals surface area contributed by atoms with Crippen LogP contribution in [0.5, 0.6) is 17.2 Å². The molecule has 1 aromatic heterocycles. The second kappa shape index (κ2) is 10.5. The molecule has 0 amide bonds. The maximum atomic E-state index is 6.02. The molecule has 164 valence electrons. The lowest BCUT2D eigenvalue weighted by molar-refractivity contribution is 0.323. The predicted molar refractivity (Wildman–Crippen MR) is 118 cm³/mol. The molecule has 0 bridgehead atoms. The lowest BCUT2D eigenvalue weighted by Crippen LogP contribution is -2.36. The Labute approximate surface area is 185 Å². The highest BCUT2D eigenvalue weighted by atomic mass is 35.5. The van der Waals surface area contributed by atoms with Crippen LogP contribution in [0.3, 0.4) is 0 Å². The van der Waals surface area contributed by atoms with Crippen molar-refractivity contribution in [3.05, 3.63) is 52.9 Å². The summed E-state index contributed by atoms with van der Waals surface area (Å²) in [6, 6.07) is 11.0. The van der Waals surface area contributed by atoms with Crippen LogP contribution in [0.2, 0.25) is 5.02 Å². The molecule has 0 aliphatic heterocycles. The molecule has 0 unspecified atom stereocenters. The number of benzene rings is 2. The van der Waals surface area contributed by atoms with Crippen molar-refractivity contribution in [2.24, 2.45) is 4.99 Å². The first-order valence-corrected chi connectivity index (χ1v) is 9.77. The third-order valence-corrected chi connectivity index (χ3v) is 4.60. The van der Waals surface area contributed by atoms with E-state index in [0.717, 1.165) is 11.1 Å². The molecule has 31 heavy (non-hydrogen) atoms. The molecule has 9 nitrogen and oxygen atoms in total. The van der Waals surface area contributed by atoms with Gasteiger partial charge in [0.25, 0.3) is 0 Å². The first kappa shape index (κ1) is 22.2. The van der Waals surface area contributed by atoms with Crippen LogP contribution < -0.4 is 24.8 Å². The summed E-state index contributed by atoms with van der Waals surface area (Å²) >= 11 is 6.02. The minimum atomic E-state index is 0.308. The van der Waals surface area contributed by atoms with Crippen LogP contribution in [-0.2, 0) is 13.1 Å². The maximum Gasteiger partial charge on any atom is 0.246 e. The molecule has 0 atom stereocenters. The maximum absolute atomic E-state index is 6.02. The molecule has 1 heterocycles. The van der Waals surface area contributed by atoms with E-state index in [9.17, 15) is 0 Å². The van der Waals surface area contributed by atoms with Crippen molar-refractivity contribution in [1.29, 1.82) is 0 Å². The van der Waals surface area contributed by atoms with E-state index >= 15 is 0 Å². The molecule has 3 aromatic rings. The average molecular weight is 446 g/mol. The number of nitrogens with one attached hydrogen (secondary N) is 2. The van der Waals surface area contributed by atoms with Gasteiger partial charge >= 0.3 is 0 Å². The lowest BCUT2D eigenvalue weighted by Gasteiger charge is -2.15. The molecule has 0 saturated heterocycles. The van der Waals surface area contributed by atoms with Crippen molar-refractivity contribution < 1.29 is 18.7 Å². The fourth-order valence-electron chi connectivity index (χ4n) is 2.87. The van der Waals surface area contributed by atoms with Crippen LogP contribution in [0.1, 0.15) is 11.5 Å². The Kier molecular flexibility index (Phi) is 7.55. The number of aromatic nitrogens is 2. The van der Waals surface area contributed by atoms with Gasteiger partial charge < -0.3 is 29.4 Å². The van der Waals surface area contributed by atoms with Crippen molar-refractivity contribution >= 4 is 17.6 Å². The Hall–Kier alpha value is -3.46. The SMILES string of the molecule is CN=C(NCc1cc(OC)c(OC)c(OC)c1)NCc1nc(-c2cccc(Cl)c2)no1. The van der Waals surface area contributed by atoms with Gasteiger partial charge in [-0.25, -0.2) is 0 Å². The second-order valence-electron chi connectivity index (χ2n) is 6.33. The first-order valence-electron chi connectivity index (χ1n) is 9.39. The molecule has 0 fully saturated rings. The van der Waals surface area contributed by atoms with Gasteiger partial charge in [0, 0.05) is 24.2 Å². The van der Waals surface area contributed by atoms with Crippen molar-refractivity contribution in [3.8, 4) is 28.6 Å². The van der Waals surface area contributed by atoms with Crippen LogP contribution in [0.4, 0.5) is 0 Å². The highest BCUT2D eigenvalue weighted by molar-refractivity contribution is 6.30. The predicted octanol–water partition coefficient (Wildman–Crippen LogP) is 3.28. The fraction of sp³-hybridized carbons (Fsp3) is 0.286. The number of halogens is 1. The van der Waals surface area contributed by atoms with Crippen LogP contribution >= 0.6 is 11.6 Å². The second-order valence-corrected chi connectivity index (χ2v) is 6.77. The molecule has 0 aliphatic rings. The van der Waals surface area contributed by atoms with E-state index in [1.165, 1.54) is 0 Å². The van der Waals surface area contributed by atoms with E-state index in [0.29, 0.717) is 53.0 Å². The van der Waals surface area contributed by atoms with E-state index in [4.69, 9.17) is 30.3 Å². The number of methoxy groups -OCH3 is 3. The summed E-state index contributed by atoms with van der Waals surface area (Å²) in [5, 5.41) is 11.0. The summed E-state index contributed by atoms with van der Waals surface area (Å²) in [6.07, 6.45) is 0. The minimum absolute atomic E-state index is 0.308. The Balaban J connectivity index is 1.61. The van der Waals surface area contributed by atoms with E-state index in [1.807, 2.05) is 24.3 Å². The van der Waals surface area contributed by atoms with Crippen molar-refractivity contribution in [1.82, 2.24) is 20.8 Å². The van der Waals surface area contributed by atoms with Crippen molar-refractivity contribution in [2.75, 3.05) is 28.4 Å². The fourth-order valence-corrected chi connectivity index (χ4v) is 3.06. The summed E-state index contributed by atoms with van der Waals surface area (Å²) in [7, 11) is 6.41. The normalized spacial score (nSPS) is 11.2. The van der Waals surface area contributed by atoms with Crippen LogP contribution in [0, 0.1) is 0 Å². The standard InChI is InChI=1S/C21H24ClN5O4/c1-23-21(24-11-13-8-16(28-2)19(30-4)17(9-13)29-3)25-12-18-26-20(27-31-18)14-6-5-7-15(22)10-14/h5-10H,11-12H2,1-4H3,(H2,23,24,25). The molecule has 0 spiro atoms. The molecule has 0 saturated carbocycles. The van der Waals surface area contributed by atoms with E-state index in [-0.39, 0.29) is 0 Å². The topological polar surface area (TPSA) is 103 Å². The zero-order chi connectivity index (χ0) is 22.2. The number of guanidine groups is 1. The monoisotopic (exact) mass is 445 g/mol. The largest absolute Gasteiger partial charge is 0.493 e. The highest BCUT2D eigenvalue weighted by Gasteiger charge is 2.14. The quantitative estimate of drug-likeness (QED) is 0.402. The van der Waals surface area contributed by atoms with Gasteiger partial charge in [0.1, 0.15) is 0 Å². The third-order valence-electron chi connectivity index (χ3n) is 4.37. The van der Waals surface area contributed by atoms with Crippen molar-refractivity contribution in [2.45, 2.75) is 13.1 Å². The molecule has 3 rings (SSSR count). The molecular formula is C21H24ClN5O4. The molecular weight excluding hydrogens is 422 g/mol. The molecule has 0 aliphatic carbocycles. The number of hydrogen-bond acceptors (Lipinski definition) is 7. The smallest absolute Gasteiger partial charge is 0.246 e. The van der Waals surface area contributed by atoms with Crippen LogP contribution in [0.15, 0.2) is 45.9 Å². The van der Waals surface area contributed by atoms with Crippen LogP contribution in [0.25, 0.3) is 11.4 Å². The number of nitrogens with zero attached hydrogens (tertiary/aromatic N) is 3. The number of aliphatic imine (C=N–C) groups is 1. The van der Waals surface area contributed by atoms with Crippen LogP contribution in [-0.4, -0.2) is 44.5 Å². The van der Waals surface area contributed by atoms with Gasteiger partial charge in [-0.05, 0) is 29.8 Å². The van der Waals surface area contributed by atoms with Gasteiger partial charge in [0.15, 0.2) is 17.5 Å². The third kappa shape index (κ3) is 5.58. The average Bonchev–Trinajstić information content (AvgIpc) is 3.27. The summed E-state index contributed by atoms with van der Waals surface area (Å²) < 4.78 is 21.4. The molecule has 2 N–H and O–H groups in total. The van der Waals surface area contributed by atoms with Gasteiger partial charge in [0.2, 0.25) is 17.5 Å². The van der Waals surface area contributed by atoms with E-state index < -0.39 is 0 Å². The van der Waals surface area contributed by atoms with Gasteiger partial charge in [-0.2, -0.15) is 4.98 Å². The Bertz CT molecular complexity index is 1030. The first-order chi connectivity index (χ1) is 15.1. The van der Waals surface area contributed by atoms with E-state index in [1.54, 1.807) is 40.5 Å². The van der Waals surface area contributed by atoms with E-state index in [2.05, 4.69) is 25.8 Å². The summed E-state index contributed by atoms with van der Waals surface area (Å²) in [5.74, 6) is 3.17. The zero-order valence-electron chi connectivity index (χ0n) is 17.7. The van der Waals surface area contributed by atoms with Gasteiger partial charge in [-0.1, -0.05) is 28.9 Å². The zero-order valence-corrected chi connectivity index (χ0v) is 18.5. The lowest BCUT2D eigenvalue weighted by atomic mass is 10.2. The number of ether oxygens (including phenoxy) is 3. The highest BCUT2D eigenvalue weighted by Crippen LogP contribution is 2.38. The molecule has 0 radical (unpaired) electrons. The summed E-state index contributed by atoms with van der Waals surface area (Å²) in [5.41, 5.74) is 1.71. The van der Waals surface area contributed by atoms with Gasteiger partial charge in [0.05, 0.1) is 27.9 Å². The Morgan fingerprint density at radius 1 is 1.03 bits per heavy atom. The number of rotatable bonds is 8. The molecule has 2 aromatic carbocycles. The van der Waals surface area contributed by atoms with Gasteiger partial charge in [-0.3, -0.25) is 4.99 Å². The Morgan fingerprint density at radius 2 is 1.74 bits per heavy atom. The summed E-state index contributed by atoms with van der Waals surface area (Å²) in [4.78, 5) is 8.60. The molecule has 10 heteroatoms. The minimum Gasteiger partial charge on any atom is -0.493 e.